The molecule has 0 bridgehead atoms. The third-order valence-electron chi connectivity index (χ3n) is 2.12. The SMILES string of the molecule is C=CCNc1ccc(-n2ccnc2)cc1. The van der Waals surface area contributed by atoms with Gasteiger partial charge in [0.1, 0.15) is 0 Å². The molecule has 15 heavy (non-hydrogen) atoms. The van der Waals surface area contributed by atoms with Crippen molar-refractivity contribution < 1.29 is 0 Å². The molecule has 0 aliphatic carbocycles. The fourth-order valence-electron chi connectivity index (χ4n) is 1.35. The van der Waals surface area contributed by atoms with E-state index in [9.17, 15) is 0 Å². The van der Waals surface area contributed by atoms with Crippen molar-refractivity contribution in [2.45, 2.75) is 0 Å². The van der Waals surface area contributed by atoms with Gasteiger partial charge < -0.3 is 9.88 Å². The molecule has 0 atom stereocenters. The number of benzene rings is 1. The van der Waals surface area contributed by atoms with Gasteiger partial charge in [0.25, 0.3) is 0 Å². The van der Waals surface area contributed by atoms with E-state index in [1.54, 1.807) is 12.5 Å². The molecule has 3 nitrogen and oxygen atoms in total. The maximum atomic E-state index is 4.00. The molecule has 1 aromatic heterocycles. The summed E-state index contributed by atoms with van der Waals surface area (Å²) in [7, 11) is 0. The molecule has 3 heteroatoms. The van der Waals surface area contributed by atoms with Crippen molar-refractivity contribution in [3.05, 3.63) is 55.6 Å². The Labute approximate surface area is 89.1 Å². The van der Waals surface area contributed by atoms with Crippen LogP contribution in [0, 0.1) is 0 Å². The smallest absolute Gasteiger partial charge is 0.0991 e. The first-order chi connectivity index (χ1) is 7.40. The molecule has 2 aromatic rings. The maximum absolute atomic E-state index is 4.00. The first kappa shape index (κ1) is 9.52. The Morgan fingerprint density at radius 3 is 2.73 bits per heavy atom. The Morgan fingerprint density at radius 2 is 2.13 bits per heavy atom. The Bertz CT molecular complexity index is 415. The van der Waals surface area contributed by atoms with Crippen molar-refractivity contribution in [3.63, 3.8) is 0 Å². The summed E-state index contributed by atoms with van der Waals surface area (Å²) in [6, 6.07) is 8.18. The Hall–Kier alpha value is -2.03. The summed E-state index contributed by atoms with van der Waals surface area (Å²) in [6.45, 7) is 4.44. The van der Waals surface area contributed by atoms with E-state index in [1.807, 2.05) is 41.1 Å². The Morgan fingerprint density at radius 1 is 1.33 bits per heavy atom. The Kier molecular flexibility index (Phi) is 2.83. The number of nitrogens with zero attached hydrogens (tertiary/aromatic N) is 2. The van der Waals surface area contributed by atoms with Gasteiger partial charge in [-0.15, -0.1) is 6.58 Å². The lowest BCUT2D eigenvalue weighted by Crippen LogP contribution is -1.97. The molecule has 0 spiro atoms. The van der Waals surface area contributed by atoms with E-state index in [-0.39, 0.29) is 0 Å². The number of rotatable bonds is 4. The summed E-state index contributed by atoms with van der Waals surface area (Å²) in [4.78, 5) is 4.00. The van der Waals surface area contributed by atoms with E-state index in [2.05, 4.69) is 16.9 Å². The van der Waals surface area contributed by atoms with Crippen molar-refractivity contribution in [1.29, 1.82) is 0 Å². The van der Waals surface area contributed by atoms with Crippen LogP contribution in [-0.4, -0.2) is 16.1 Å². The fraction of sp³-hybridized carbons (Fsp3) is 0.0833. The fourth-order valence-corrected chi connectivity index (χ4v) is 1.35. The monoisotopic (exact) mass is 199 g/mol. The van der Waals surface area contributed by atoms with Gasteiger partial charge in [-0.25, -0.2) is 4.98 Å². The summed E-state index contributed by atoms with van der Waals surface area (Å²) in [5.41, 5.74) is 2.20. The topological polar surface area (TPSA) is 29.9 Å². The number of hydrogen-bond donors (Lipinski definition) is 1. The van der Waals surface area contributed by atoms with E-state index < -0.39 is 0 Å². The molecule has 0 fully saturated rings. The first-order valence-corrected chi connectivity index (χ1v) is 4.83. The van der Waals surface area contributed by atoms with Crippen LogP contribution in [-0.2, 0) is 0 Å². The van der Waals surface area contributed by atoms with Crippen LogP contribution < -0.4 is 5.32 Å². The summed E-state index contributed by atoms with van der Waals surface area (Å²) >= 11 is 0. The number of hydrogen-bond acceptors (Lipinski definition) is 2. The maximum Gasteiger partial charge on any atom is 0.0991 e. The minimum atomic E-state index is 0.782. The molecular formula is C12H13N3. The zero-order valence-corrected chi connectivity index (χ0v) is 8.43. The quantitative estimate of drug-likeness (QED) is 0.766. The summed E-state index contributed by atoms with van der Waals surface area (Å²) in [5.74, 6) is 0. The zero-order chi connectivity index (χ0) is 10.5. The highest BCUT2D eigenvalue weighted by Crippen LogP contribution is 2.12. The number of anilines is 1. The van der Waals surface area contributed by atoms with E-state index in [0.29, 0.717) is 0 Å². The Balaban J connectivity index is 2.14. The molecule has 0 aliphatic heterocycles. The minimum Gasteiger partial charge on any atom is -0.382 e. The van der Waals surface area contributed by atoms with Crippen LogP contribution >= 0.6 is 0 Å². The van der Waals surface area contributed by atoms with E-state index in [0.717, 1.165) is 17.9 Å². The largest absolute Gasteiger partial charge is 0.382 e. The van der Waals surface area contributed by atoms with E-state index in [4.69, 9.17) is 0 Å². The molecule has 0 radical (unpaired) electrons. The normalized spacial score (nSPS) is 9.87. The molecular weight excluding hydrogens is 186 g/mol. The van der Waals surface area contributed by atoms with E-state index >= 15 is 0 Å². The third-order valence-corrected chi connectivity index (χ3v) is 2.12. The molecule has 2 rings (SSSR count). The van der Waals surface area contributed by atoms with Crippen molar-refractivity contribution >= 4 is 5.69 Å². The average molecular weight is 199 g/mol. The van der Waals surface area contributed by atoms with Gasteiger partial charge >= 0.3 is 0 Å². The van der Waals surface area contributed by atoms with Crippen LogP contribution in [0.4, 0.5) is 5.69 Å². The minimum absolute atomic E-state index is 0.782. The van der Waals surface area contributed by atoms with Crippen LogP contribution in [0.2, 0.25) is 0 Å². The van der Waals surface area contributed by atoms with E-state index in [1.165, 1.54) is 0 Å². The van der Waals surface area contributed by atoms with Gasteiger partial charge in [0.05, 0.1) is 6.33 Å². The van der Waals surface area contributed by atoms with Gasteiger partial charge in [0.2, 0.25) is 0 Å². The number of nitrogens with one attached hydrogen (secondary N) is 1. The predicted molar refractivity (Wildman–Crippen MR) is 62.3 cm³/mol. The highest BCUT2D eigenvalue weighted by atomic mass is 15.0. The van der Waals surface area contributed by atoms with Crippen molar-refractivity contribution in [2.24, 2.45) is 0 Å². The molecule has 0 saturated carbocycles. The van der Waals surface area contributed by atoms with Crippen molar-refractivity contribution in [2.75, 3.05) is 11.9 Å². The molecule has 76 valence electrons. The van der Waals surface area contributed by atoms with Gasteiger partial charge in [-0.2, -0.15) is 0 Å². The molecule has 0 aliphatic rings. The lowest BCUT2D eigenvalue weighted by atomic mass is 10.3. The molecule has 1 aromatic carbocycles. The van der Waals surface area contributed by atoms with Crippen LogP contribution in [0.15, 0.2) is 55.6 Å². The van der Waals surface area contributed by atoms with Gasteiger partial charge in [-0.05, 0) is 24.3 Å². The average Bonchev–Trinajstić information content (AvgIpc) is 2.80. The van der Waals surface area contributed by atoms with Gasteiger partial charge in [-0.3, -0.25) is 0 Å². The van der Waals surface area contributed by atoms with Crippen LogP contribution in [0.5, 0.6) is 0 Å². The van der Waals surface area contributed by atoms with Crippen molar-refractivity contribution in [1.82, 2.24) is 9.55 Å². The number of imidazole rings is 1. The highest BCUT2D eigenvalue weighted by Gasteiger charge is 1.94. The zero-order valence-electron chi connectivity index (χ0n) is 8.43. The van der Waals surface area contributed by atoms with Gasteiger partial charge in [-0.1, -0.05) is 6.08 Å². The molecule has 1 N–H and O–H groups in total. The lowest BCUT2D eigenvalue weighted by Gasteiger charge is -2.05. The third kappa shape index (κ3) is 2.26. The second-order valence-electron chi connectivity index (χ2n) is 3.19. The molecule has 0 amide bonds. The van der Waals surface area contributed by atoms with Gasteiger partial charge in [0.15, 0.2) is 0 Å². The second kappa shape index (κ2) is 4.46. The molecule has 1 heterocycles. The van der Waals surface area contributed by atoms with Crippen LogP contribution in [0.3, 0.4) is 0 Å². The molecule has 0 saturated heterocycles. The summed E-state index contributed by atoms with van der Waals surface area (Å²) in [6.07, 6.45) is 7.31. The standard InChI is InChI=1S/C12H13N3/c1-2-7-14-11-3-5-12(6-4-11)15-9-8-13-10-15/h2-6,8-10,14H,1,7H2. The van der Waals surface area contributed by atoms with Crippen LogP contribution in [0.1, 0.15) is 0 Å². The molecule has 0 unspecified atom stereocenters. The van der Waals surface area contributed by atoms with Crippen LogP contribution in [0.25, 0.3) is 5.69 Å². The number of aromatic nitrogens is 2. The highest BCUT2D eigenvalue weighted by molar-refractivity contribution is 5.48. The second-order valence-corrected chi connectivity index (χ2v) is 3.19. The summed E-state index contributed by atoms with van der Waals surface area (Å²) < 4.78 is 1.97. The lowest BCUT2D eigenvalue weighted by molar-refractivity contribution is 1.06. The van der Waals surface area contributed by atoms with Gasteiger partial charge in [0, 0.05) is 30.3 Å². The predicted octanol–water partition coefficient (Wildman–Crippen LogP) is 2.47. The first-order valence-electron chi connectivity index (χ1n) is 4.83. The summed E-state index contributed by atoms with van der Waals surface area (Å²) in [5, 5.41) is 3.22. The van der Waals surface area contributed by atoms with Crippen molar-refractivity contribution in [3.8, 4) is 5.69 Å².